The number of carbonyl (C=O) groups is 2. The van der Waals surface area contributed by atoms with Crippen LogP contribution in [0.5, 0.6) is 11.5 Å². The van der Waals surface area contributed by atoms with Crippen molar-refractivity contribution < 1.29 is 19.1 Å². The Morgan fingerprint density at radius 3 is 2.66 bits per heavy atom. The molecule has 0 saturated carbocycles. The molecule has 0 saturated heterocycles. The van der Waals surface area contributed by atoms with Gasteiger partial charge in [-0.05, 0) is 55.3 Å². The summed E-state index contributed by atoms with van der Waals surface area (Å²) in [6.07, 6.45) is 3.86. The fourth-order valence-corrected chi connectivity index (χ4v) is 2.81. The van der Waals surface area contributed by atoms with Gasteiger partial charge < -0.3 is 20.1 Å². The highest BCUT2D eigenvalue weighted by Crippen LogP contribution is 2.36. The Labute approximate surface area is 175 Å². The van der Waals surface area contributed by atoms with Crippen LogP contribution >= 0.6 is 11.6 Å². The maximum absolute atomic E-state index is 12.3. The van der Waals surface area contributed by atoms with Crippen LogP contribution in [0.15, 0.2) is 42.5 Å². The van der Waals surface area contributed by atoms with Crippen LogP contribution in [0.1, 0.15) is 36.2 Å². The van der Waals surface area contributed by atoms with E-state index < -0.39 is 0 Å². The topological polar surface area (TPSA) is 76.7 Å². The Balaban J connectivity index is 2.10. The number of anilines is 1. The molecule has 2 rings (SSSR count). The van der Waals surface area contributed by atoms with Crippen molar-refractivity contribution in [3.05, 3.63) is 58.6 Å². The molecule has 0 atom stereocenters. The van der Waals surface area contributed by atoms with Crippen LogP contribution in [-0.2, 0) is 4.79 Å². The second kappa shape index (κ2) is 11.1. The van der Waals surface area contributed by atoms with E-state index in [1.807, 2.05) is 13.8 Å². The molecule has 29 heavy (non-hydrogen) atoms. The number of benzene rings is 2. The summed E-state index contributed by atoms with van der Waals surface area (Å²) >= 11 is 6.29. The maximum Gasteiger partial charge on any atom is 0.251 e. The molecule has 2 aromatic rings. The lowest BCUT2D eigenvalue weighted by atomic mass is 10.1. The van der Waals surface area contributed by atoms with Crippen molar-refractivity contribution in [1.29, 1.82) is 0 Å². The highest BCUT2D eigenvalue weighted by atomic mass is 35.5. The third-order valence-electron chi connectivity index (χ3n) is 3.86. The minimum atomic E-state index is -0.334. The SMILES string of the molecule is CCCOc1c(Cl)cc(/C=C/C(=O)Nc2cccc(C(=O)NCC)c2)cc1OC. The fraction of sp³-hybridized carbons (Fsp3) is 0.273. The molecule has 2 N–H and O–H groups in total. The maximum atomic E-state index is 12.3. The first-order valence-corrected chi connectivity index (χ1v) is 9.73. The number of hydrogen-bond acceptors (Lipinski definition) is 4. The summed E-state index contributed by atoms with van der Waals surface area (Å²) in [5.41, 5.74) is 1.71. The standard InChI is InChI=1S/C22H25ClN2O4/c1-4-11-29-21-18(23)12-15(13-19(21)28-3)9-10-20(26)25-17-8-6-7-16(14-17)22(27)24-5-2/h6-10,12-14H,4-5,11H2,1-3H3,(H,24,27)(H,25,26)/b10-9+. The van der Waals surface area contributed by atoms with Crippen molar-refractivity contribution in [2.75, 3.05) is 25.6 Å². The summed E-state index contributed by atoms with van der Waals surface area (Å²) in [4.78, 5) is 24.2. The molecule has 6 nitrogen and oxygen atoms in total. The summed E-state index contributed by atoms with van der Waals surface area (Å²) in [6.45, 7) is 4.91. The molecule has 0 aliphatic carbocycles. The van der Waals surface area contributed by atoms with Gasteiger partial charge in [-0.1, -0.05) is 24.6 Å². The summed E-state index contributed by atoms with van der Waals surface area (Å²) in [7, 11) is 1.53. The number of methoxy groups -OCH3 is 1. The van der Waals surface area contributed by atoms with Gasteiger partial charge in [0.2, 0.25) is 5.91 Å². The Hall–Kier alpha value is -2.99. The number of carbonyl (C=O) groups excluding carboxylic acids is 2. The van der Waals surface area contributed by atoms with Gasteiger partial charge in [-0.3, -0.25) is 9.59 Å². The first-order valence-electron chi connectivity index (χ1n) is 9.36. The molecule has 0 spiro atoms. The normalized spacial score (nSPS) is 10.6. The van der Waals surface area contributed by atoms with Crippen molar-refractivity contribution in [2.24, 2.45) is 0 Å². The second-order valence-electron chi connectivity index (χ2n) is 6.15. The third-order valence-corrected chi connectivity index (χ3v) is 4.14. The molecule has 0 aliphatic rings. The second-order valence-corrected chi connectivity index (χ2v) is 6.55. The molecule has 0 heterocycles. The van der Waals surface area contributed by atoms with Gasteiger partial charge in [0, 0.05) is 23.9 Å². The summed E-state index contributed by atoms with van der Waals surface area (Å²) in [6, 6.07) is 10.2. The quantitative estimate of drug-likeness (QED) is 0.588. The minimum Gasteiger partial charge on any atom is -0.493 e. The van der Waals surface area contributed by atoms with E-state index in [0.29, 0.717) is 46.5 Å². The Bertz CT molecular complexity index is 896. The molecule has 0 unspecified atom stereocenters. The zero-order chi connectivity index (χ0) is 21.2. The zero-order valence-electron chi connectivity index (χ0n) is 16.8. The molecule has 2 amide bonds. The van der Waals surface area contributed by atoms with E-state index in [-0.39, 0.29) is 11.8 Å². The molecule has 2 aromatic carbocycles. The van der Waals surface area contributed by atoms with Crippen molar-refractivity contribution in [3.8, 4) is 11.5 Å². The smallest absolute Gasteiger partial charge is 0.251 e. The molecule has 7 heteroatoms. The fourth-order valence-electron chi connectivity index (χ4n) is 2.54. The first-order chi connectivity index (χ1) is 14.0. The molecule has 0 radical (unpaired) electrons. The third kappa shape index (κ3) is 6.54. The van der Waals surface area contributed by atoms with E-state index in [2.05, 4.69) is 10.6 Å². The van der Waals surface area contributed by atoms with Gasteiger partial charge in [0.1, 0.15) is 0 Å². The monoisotopic (exact) mass is 416 g/mol. The van der Waals surface area contributed by atoms with Crippen LogP contribution in [0, 0.1) is 0 Å². The van der Waals surface area contributed by atoms with Gasteiger partial charge in [0.05, 0.1) is 18.7 Å². The van der Waals surface area contributed by atoms with Gasteiger partial charge in [-0.15, -0.1) is 0 Å². The first kappa shape index (κ1) is 22.3. The van der Waals surface area contributed by atoms with E-state index in [9.17, 15) is 9.59 Å². The van der Waals surface area contributed by atoms with E-state index in [1.54, 1.807) is 42.5 Å². The zero-order valence-corrected chi connectivity index (χ0v) is 17.5. The van der Waals surface area contributed by atoms with Crippen LogP contribution < -0.4 is 20.1 Å². The highest BCUT2D eigenvalue weighted by Gasteiger charge is 2.11. The van der Waals surface area contributed by atoms with Crippen LogP contribution in [0.25, 0.3) is 6.08 Å². The van der Waals surface area contributed by atoms with Crippen LogP contribution in [0.3, 0.4) is 0 Å². The Morgan fingerprint density at radius 2 is 1.97 bits per heavy atom. The van der Waals surface area contributed by atoms with Gasteiger partial charge in [-0.2, -0.15) is 0 Å². The van der Waals surface area contributed by atoms with E-state index in [1.165, 1.54) is 13.2 Å². The largest absolute Gasteiger partial charge is 0.493 e. The lowest BCUT2D eigenvalue weighted by molar-refractivity contribution is -0.111. The van der Waals surface area contributed by atoms with Crippen LogP contribution in [-0.4, -0.2) is 32.1 Å². The Morgan fingerprint density at radius 1 is 1.17 bits per heavy atom. The van der Waals surface area contributed by atoms with Crippen LogP contribution in [0.4, 0.5) is 5.69 Å². The van der Waals surface area contributed by atoms with E-state index >= 15 is 0 Å². The van der Waals surface area contributed by atoms with Crippen molar-refractivity contribution >= 4 is 35.2 Å². The van der Waals surface area contributed by atoms with Gasteiger partial charge >= 0.3 is 0 Å². The molecule has 0 aromatic heterocycles. The van der Waals surface area contributed by atoms with E-state index in [0.717, 1.165) is 6.42 Å². The molecular formula is C22H25ClN2O4. The Kier molecular flexibility index (Phi) is 8.55. The highest BCUT2D eigenvalue weighted by molar-refractivity contribution is 6.32. The van der Waals surface area contributed by atoms with Crippen LogP contribution in [0.2, 0.25) is 5.02 Å². The summed E-state index contributed by atoms with van der Waals surface area (Å²) in [5.74, 6) is 0.464. The number of hydrogen-bond donors (Lipinski definition) is 2. The number of halogens is 1. The van der Waals surface area contributed by atoms with Gasteiger partial charge in [-0.25, -0.2) is 0 Å². The molecule has 0 bridgehead atoms. The lowest BCUT2D eigenvalue weighted by Crippen LogP contribution is -2.22. The summed E-state index contributed by atoms with van der Waals surface area (Å²) < 4.78 is 11.0. The molecule has 0 fully saturated rings. The molecule has 154 valence electrons. The number of nitrogens with one attached hydrogen (secondary N) is 2. The van der Waals surface area contributed by atoms with Gasteiger partial charge in [0.15, 0.2) is 11.5 Å². The average Bonchev–Trinajstić information content (AvgIpc) is 2.71. The lowest BCUT2D eigenvalue weighted by Gasteiger charge is -2.12. The predicted octanol–water partition coefficient (Wildman–Crippen LogP) is 4.54. The number of amides is 2. The number of ether oxygens (including phenoxy) is 2. The summed E-state index contributed by atoms with van der Waals surface area (Å²) in [5, 5.41) is 5.87. The van der Waals surface area contributed by atoms with Gasteiger partial charge in [0.25, 0.3) is 5.91 Å². The predicted molar refractivity (Wildman–Crippen MR) is 116 cm³/mol. The van der Waals surface area contributed by atoms with Crippen molar-refractivity contribution in [3.63, 3.8) is 0 Å². The van der Waals surface area contributed by atoms with Crippen molar-refractivity contribution in [1.82, 2.24) is 5.32 Å². The van der Waals surface area contributed by atoms with E-state index in [4.69, 9.17) is 21.1 Å². The van der Waals surface area contributed by atoms with Crippen molar-refractivity contribution in [2.45, 2.75) is 20.3 Å². The molecule has 0 aliphatic heterocycles. The molecular weight excluding hydrogens is 392 g/mol. The average molecular weight is 417 g/mol. The number of rotatable bonds is 9. The minimum absolute atomic E-state index is 0.189.